The predicted molar refractivity (Wildman–Crippen MR) is 81.1 cm³/mol. The standard InChI is InChI=1S/C17H20N2O2/c1-12(20)19-10-9-13-5-3-4-6-15(13)16(19)11-17(21)18(2)14-7-8-14/h3-6,9-10,14,16H,7-8,11H2,1-2H3. The third-order valence-electron chi connectivity index (χ3n) is 4.33. The number of hydrogen-bond acceptors (Lipinski definition) is 2. The molecule has 1 aromatic carbocycles. The lowest BCUT2D eigenvalue weighted by Crippen LogP contribution is -2.36. The van der Waals surface area contributed by atoms with Crippen molar-refractivity contribution in [1.82, 2.24) is 9.80 Å². The molecule has 110 valence electrons. The molecule has 0 N–H and O–H groups in total. The second-order valence-electron chi connectivity index (χ2n) is 5.83. The Morgan fingerprint density at radius 2 is 2.00 bits per heavy atom. The van der Waals surface area contributed by atoms with Gasteiger partial charge in [-0.15, -0.1) is 0 Å². The Hall–Kier alpha value is -2.10. The molecule has 1 saturated carbocycles. The van der Waals surface area contributed by atoms with Crippen molar-refractivity contribution in [2.45, 2.75) is 38.3 Å². The zero-order chi connectivity index (χ0) is 15.0. The lowest BCUT2D eigenvalue weighted by atomic mass is 9.93. The molecule has 3 rings (SSSR count). The minimum Gasteiger partial charge on any atom is -0.343 e. The number of nitrogens with zero attached hydrogens (tertiary/aromatic N) is 2. The van der Waals surface area contributed by atoms with Gasteiger partial charge in [0.05, 0.1) is 12.5 Å². The monoisotopic (exact) mass is 284 g/mol. The summed E-state index contributed by atoms with van der Waals surface area (Å²) in [5.74, 6) is 0.0754. The van der Waals surface area contributed by atoms with Crippen LogP contribution in [-0.4, -0.2) is 34.7 Å². The molecular weight excluding hydrogens is 264 g/mol. The molecule has 1 atom stereocenters. The van der Waals surface area contributed by atoms with Crippen molar-refractivity contribution >= 4 is 17.9 Å². The van der Waals surface area contributed by atoms with Gasteiger partial charge in [0.15, 0.2) is 0 Å². The molecule has 2 aliphatic rings. The van der Waals surface area contributed by atoms with E-state index in [2.05, 4.69) is 0 Å². The molecule has 0 radical (unpaired) electrons. The predicted octanol–water partition coefficient (Wildman–Crippen LogP) is 2.57. The molecule has 0 saturated heterocycles. The van der Waals surface area contributed by atoms with Crippen LogP contribution >= 0.6 is 0 Å². The summed E-state index contributed by atoms with van der Waals surface area (Å²) >= 11 is 0. The van der Waals surface area contributed by atoms with Crippen molar-refractivity contribution in [2.24, 2.45) is 0 Å². The number of benzene rings is 1. The van der Waals surface area contributed by atoms with Crippen molar-refractivity contribution in [1.29, 1.82) is 0 Å². The van der Waals surface area contributed by atoms with Gasteiger partial charge in [-0.25, -0.2) is 0 Å². The SMILES string of the molecule is CC(=O)N1C=Cc2ccccc2C1CC(=O)N(C)C1CC1. The molecule has 1 unspecified atom stereocenters. The fourth-order valence-electron chi connectivity index (χ4n) is 2.89. The van der Waals surface area contributed by atoms with Crippen molar-refractivity contribution in [3.05, 3.63) is 41.6 Å². The number of carbonyl (C=O) groups is 2. The van der Waals surface area contributed by atoms with Crippen molar-refractivity contribution in [3.63, 3.8) is 0 Å². The van der Waals surface area contributed by atoms with E-state index in [9.17, 15) is 9.59 Å². The highest BCUT2D eigenvalue weighted by molar-refractivity contribution is 5.82. The molecule has 0 spiro atoms. The van der Waals surface area contributed by atoms with Crippen LogP contribution in [0.3, 0.4) is 0 Å². The average molecular weight is 284 g/mol. The van der Waals surface area contributed by atoms with Gasteiger partial charge in [0, 0.05) is 26.2 Å². The van der Waals surface area contributed by atoms with Crippen LogP contribution in [0.25, 0.3) is 6.08 Å². The van der Waals surface area contributed by atoms with Gasteiger partial charge >= 0.3 is 0 Å². The number of carbonyl (C=O) groups excluding carboxylic acids is 2. The van der Waals surface area contributed by atoms with E-state index in [0.29, 0.717) is 12.5 Å². The Kier molecular flexibility index (Phi) is 3.53. The lowest BCUT2D eigenvalue weighted by molar-refractivity contribution is -0.134. The van der Waals surface area contributed by atoms with Crippen molar-refractivity contribution in [2.75, 3.05) is 7.05 Å². The molecule has 21 heavy (non-hydrogen) atoms. The maximum atomic E-state index is 12.4. The van der Waals surface area contributed by atoms with Crippen LogP contribution in [0.5, 0.6) is 0 Å². The Bertz CT molecular complexity index is 605. The highest BCUT2D eigenvalue weighted by Gasteiger charge is 2.33. The van der Waals surface area contributed by atoms with E-state index < -0.39 is 0 Å². The normalized spacial score (nSPS) is 20.1. The highest BCUT2D eigenvalue weighted by atomic mass is 16.2. The fourth-order valence-corrected chi connectivity index (χ4v) is 2.89. The molecular formula is C17H20N2O2. The summed E-state index contributed by atoms with van der Waals surface area (Å²) in [5.41, 5.74) is 2.13. The number of hydrogen-bond donors (Lipinski definition) is 0. The summed E-state index contributed by atoms with van der Waals surface area (Å²) in [6.07, 6.45) is 6.26. The van der Waals surface area contributed by atoms with E-state index in [1.807, 2.05) is 42.3 Å². The Balaban J connectivity index is 1.86. The third-order valence-corrected chi connectivity index (χ3v) is 4.33. The Morgan fingerprint density at radius 1 is 1.29 bits per heavy atom. The van der Waals surface area contributed by atoms with E-state index >= 15 is 0 Å². The number of rotatable bonds is 3. The van der Waals surface area contributed by atoms with Crippen molar-refractivity contribution < 1.29 is 9.59 Å². The number of fused-ring (bicyclic) bond motifs is 1. The molecule has 4 nitrogen and oxygen atoms in total. The summed E-state index contributed by atoms with van der Waals surface area (Å²) in [7, 11) is 1.86. The van der Waals surface area contributed by atoms with Crippen LogP contribution in [0.4, 0.5) is 0 Å². The van der Waals surface area contributed by atoms with Crippen LogP contribution in [0, 0.1) is 0 Å². The quantitative estimate of drug-likeness (QED) is 0.856. The highest BCUT2D eigenvalue weighted by Crippen LogP contribution is 2.34. The van der Waals surface area contributed by atoms with Gasteiger partial charge in [-0.2, -0.15) is 0 Å². The summed E-state index contributed by atoms with van der Waals surface area (Å²) in [5, 5.41) is 0. The lowest BCUT2D eigenvalue weighted by Gasteiger charge is -2.33. The first-order chi connectivity index (χ1) is 10.1. The zero-order valence-corrected chi connectivity index (χ0v) is 12.5. The first-order valence-corrected chi connectivity index (χ1v) is 7.39. The third kappa shape index (κ3) is 2.71. The molecule has 1 aromatic rings. The van der Waals surface area contributed by atoms with Gasteiger partial charge in [0.25, 0.3) is 0 Å². The summed E-state index contributed by atoms with van der Waals surface area (Å²) in [6, 6.07) is 8.16. The first kappa shape index (κ1) is 13.9. The van der Waals surface area contributed by atoms with Gasteiger partial charge in [-0.05, 0) is 30.0 Å². The number of amides is 2. The molecule has 1 aliphatic heterocycles. The average Bonchev–Trinajstić information content (AvgIpc) is 3.31. The summed E-state index contributed by atoms with van der Waals surface area (Å²) in [6.45, 7) is 1.54. The molecule has 1 aliphatic carbocycles. The van der Waals surface area contributed by atoms with Gasteiger partial charge in [-0.1, -0.05) is 24.3 Å². The fraction of sp³-hybridized carbons (Fsp3) is 0.412. The molecule has 0 aromatic heterocycles. The summed E-state index contributed by atoms with van der Waals surface area (Å²) < 4.78 is 0. The largest absolute Gasteiger partial charge is 0.343 e. The van der Waals surface area contributed by atoms with E-state index in [0.717, 1.165) is 24.0 Å². The van der Waals surface area contributed by atoms with Crippen LogP contribution in [0.2, 0.25) is 0 Å². The van der Waals surface area contributed by atoms with E-state index in [1.165, 1.54) is 0 Å². The van der Waals surface area contributed by atoms with E-state index in [4.69, 9.17) is 0 Å². The summed E-state index contributed by atoms with van der Waals surface area (Å²) in [4.78, 5) is 27.8. The zero-order valence-electron chi connectivity index (χ0n) is 12.5. The molecule has 1 fully saturated rings. The molecule has 4 heteroatoms. The maximum absolute atomic E-state index is 12.4. The minimum atomic E-state index is -0.197. The van der Waals surface area contributed by atoms with Crippen molar-refractivity contribution in [3.8, 4) is 0 Å². The van der Waals surface area contributed by atoms with E-state index in [-0.39, 0.29) is 17.9 Å². The van der Waals surface area contributed by atoms with Crippen LogP contribution in [0.1, 0.15) is 43.4 Å². The molecule has 2 amide bonds. The molecule has 1 heterocycles. The van der Waals surface area contributed by atoms with Gasteiger partial charge in [0.1, 0.15) is 0 Å². The smallest absolute Gasteiger partial charge is 0.225 e. The second kappa shape index (κ2) is 5.35. The van der Waals surface area contributed by atoms with Gasteiger partial charge in [0.2, 0.25) is 11.8 Å². The minimum absolute atomic E-state index is 0.0346. The van der Waals surface area contributed by atoms with Gasteiger partial charge < -0.3 is 9.80 Å². The topological polar surface area (TPSA) is 40.6 Å². The Morgan fingerprint density at radius 3 is 2.67 bits per heavy atom. The van der Waals surface area contributed by atoms with Crippen LogP contribution in [-0.2, 0) is 9.59 Å². The Labute approximate surface area is 125 Å². The van der Waals surface area contributed by atoms with Gasteiger partial charge in [-0.3, -0.25) is 9.59 Å². The first-order valence-electron chi connectivity index (χ1n) is 7.39. The molecule has 0 bridgehead atoms. The van der Waals surface area contributed by atoms with Crippen LogP contribution < -0.4 is 0 Å². The van der Waals surface area contributed by atoms with E-state index in [1.54, 1.807) is 18.0 Å². The maximum Gasteiger partial charge on any atom is 0.225 e. The van der Waals surface area contributed by atoms with Crippen LogP contribution in [0.15, 0.2) is 30.5 Å². The second-order valence-corrected chi connectivity index (χ2v) is 5.83.